The van der Waals surface area contributed by atoms with E-state index >= 15 is 0 Å². The fourth-order valence-corrected chi connectivity index (χ4v) is 3.89. The normalized spacial score (nSPS) is 14.5. The van der Waals surface area contributed by atoms with Crippen LogP contribution in [0.5, 0.6) is 0 Å². The summed E-state index contributed by atoms with van der Waals surface area (Å²) in [5.74, 6) is 0.792. The van der Waals surface area contributed by atoms with E-state index < -0.39 is 10.0 Å². The number of sulfonamides is 1. The van der Waals surface area contributed by atoms with Crippen molar-refractivity contribution < 1.29 is 8.42 Å². The summed E-state index contributed by atoms with van der Waals surface area (Å²) < 4.78 is 29.5. The number of anilines is 1. The first-order valence-electron chi connectivity index (χ1n) is 7.59. The number of hydrogen-bond donors (Lipinski definition) is 2. The Hall–Kier alpha value is -2.68. The van der Waals surface area contributed by atoms with E-state index in [9.17, 15) is 13.2 Å². The molecule has 0 saturated heterocycles. The highest BCUT2D eigenvalue weighted by molar-refractivity contribution is 7.92. The molecule has 1 aromatic carbocycles. The van der Waals surface area contributed by atoms with E-state index in [0.717, 1.165) is 31.6 Å². The number of aromatic amines is 1. The lowest BCUT2D eigenvalue weighted by Crippen LogP contribution is -2.14. The maximum absolute atomic E-state index is 12.6. The van der Waals surface area contributed by atoms with Crippen LogP contribution >= 0.6 is 0 Å². The number of H-pyrrole nitrogens is 1. The summed E-state index contributed by atoms with van der Waals surface area (Å²) in [6.45, 7) is 0.787. The Bertz CT molecular complexity index is 1060. The molecule has 3 aromatic rings. The molecule has 0 aliphatic carbocycles. The fourth-order valence-electron chi connectivity index (χ4n) is 2.86. The smallest absolute Gasteiger partial charge is 0.280 e. The van der Waals surface area contributed by atoms with Crippen molar-refractivity contribution in [2.24, 2.45) is 0 Å². The Morgan fingerprint density at radius 1 is 1.25 bits per heavy atom. The number of imidazole rings is 1. The molecule has 0 saturated carbocycles. The summed E-state index contributed by atoms with van der Waals surface area (Å²) in [6.07, 6.45) is 5.70. The van der Waals surface area contributed by atoms with Crippen LogP contribution in [-0.2, 0) is 23.0 Å². The van der Waals surface area contributed by atoms with Crippen LogP contribution in [0.25, 0.3) is 10.9 Å². The van der Waals surface area contributed by atoms with Crippen LogP contribution in [0.2, 0.25) is 0 Å². The molecule has 4 rings (SSSR count). The first-order valence-corrected chi connectivity index (χ1v) is 9.07. The minimum atomic E-state index is -3.80. The molecule has 2 aromatic heterocycles. The van der Waals surface area contributed by atoms with Crippen LogP contribution in [-0.4, -0.2) is 27.9 Å². The third-order valence-electron chi connectivity index (χ3n) is 4.05. The third kappa shape index (κ3) is 2.56. The zero-order valence-electron chi connectivity index (χ0n) is 12.7. The lowest BCUT2D eigenvalue weighted by molar-refractivity contribution is 0.522. The number of fused-ring (bicyclic) bond motifs is 2. The third-order valence-corrected chi connectivity index (χ3v) is 5.31. The standard InChI is InChI=1S/C15H15N5O3S/c21-15-11-7-10(4-5-12(11)16-9-17-15)19-24(22,23)14-8-20-6-2-1-3-13(20)18-14/h4-5,7-9,19H,1-3,6H2,(H,16,17,21). The number of hydrogen-bond acceptors (Lipinski definition) is 5. The van der Waals surface area contributed by atoms with Gasteiger partial charge in [0.25, 0.3) is 15.6 Å². The van der Waals surface area contributed by atoms with E-state index in [0.29, 0.717) is 16.6 Å². The van der Waals surface area contributed by atoms with Gasteiger partial charge in [0, 0.05) is 24.8 Å². The SMILES string of the molecule is O=c1[nH]cnc2ccc(NS(=O)(=O)c3cn4c(n3)CCCC4)cc12. The van der Waals surface area contributed by atoms with Crippen molar-refractivity contribution in [1.82, 2.24) is 19.5 Å². The lowest BCUT2D eigenvalue weighted by Gasteiger charge is -2.11. The van der Waals surface area contributed by atoms with Crippen molar-refractivity contribution in [3.8, 4) is 0 Å². The van der Waals surface area contributed by atoms with Gasteiger partial charge in [0.15, 0.2) is 5.03 Å². The van der Waals surface area contributed by atoms with Gasteiger partial charge in [-0.1, -0.05) is 0 Å². The van der Waals surface area contributed by atoms with Crippen LogP contribution in [0, 0.1) is 0 Å². The van der Waals surface area contributed by atoms with Crippen LogP contribution in [0.3, 0.4) is 0 Å². The Kier molecular flexibility index (Phi) is 3.38. The molecule has 2 N–H and O–H groups in total. The number of benzene rings is 1. The largest absolute Gasteiger partial charge is 0.333 e. The molecular weight excluding hydrogens is 330 g/mol. The average molecular weight is 345 g/mol. The number of nitrogens with one attached hydrogen (secondary N) is 2. The Morgan fingerprint density at radius 2 is 2.12 bits per heavy atom. The summed E-state index contributed by atoms with van der Waals surface area (Å²) in [5, 5.41) is 0.321. The van der Waals surface area contributed by atoms with Gasteiger partial charge in [-0.2, -0.15) is 8.42 Å². The summed E-state index contributed by atoms with van der Waals surface area (Å²) >= 11 is 0. The topological polar surface area (TPSA) is 110 Å². The minimum Gasteiger partial charge on any atom is -0.333 e. The maximum atomic E-state index is 12.6. The zero-order chi connectivity index (χ0) is 16.7. The first-order chi connectivity index (χ1) is 11.5. The highest BCUT2D eigenvalue weighted by atomic mass is 32.2. The number of aryl methyl sites for hydroxylation is 2. The van der Waals surface area contributed by atoms with Crippen LogP contribution in [0.15, 0.2) is 40.5 Å². The van der Waals surface area contributed by atoms with Gasteiger partial charge in [-0.3, -0.25) is 9.52 Å². The van der Waals surface area contributed by atoms with Crippen LogP contribution < -0.4 is 10.3 Å². The molecule has 0 unspecified atom stereocenters. The molecule has 0 amide bonds. The van der Waals surface area contributed by atoms with Gasteiger partial charge in [0.05, 0.1) is 17.2 Å². The monoisotopic (exact) mass is 345 g/mol. The zero-order valence-corrected chi connectivity index (χ0v) is 13.5. The minimum absolute atomic E-state index is 0.000377. The molecule has 8 nitrogen and oxygen atoms in total. The van der Waals surface area contributed by atoms with Crippen molar-refractivity contribution in [1.29, 1.82) is 0 Å². The van der Waals surface area contributed by atoms with Gasteiger partial charge in [-0.25, -0.2) is 9.97 Å². The Morgan fingerprint density at radius 3 is 2.96 bits per heavy atom. The van der Waals surface area contributed by atoms with Crippen molar-refractivity contribution >= 4 is 26.6 Å². The van der Waals surface area contributed by atoms with Crippen LogP contribution in [0.4, 0.5) is 5.69 Å². The summed E-state index contributed by atoms with van der Waals surface area (Å²) in [7, 11) is -3.80. The van der Waals surface area contributed by atoms with Gasteiger partial charge in [-0.05, 0) is 31.0 Å². The molecule has 1 aliphatic heterocycles. The number of aromatic nitrogens is 4. The lowest BCUT2D eigenvalue weighted by atomic mass is 10.2. The summed E-state index contributed by atoms with van der Waals surface area (Å²) in [5.41, 5.74) is 0.477. The molecule has 0 radical (unpaired) electrons. The van der Waals surface area contributed by atoms with Crippen molar-refractivity contribution in [2.45, 2.75) is 30.8 Å². The summed E-state index contributed by atoms with van der Waals surface area (Å²) in [6, 6.07) is 4.64. The second-order valence-corrected chi connectivity index (χ2v) is 7.34. The van der Waals surface area contributed by atoms with Crippen molar-refractivity contribution in [3.05, 3.63) is 46.9 Å². The van der Waals surface area contributed by atoms with E-state index in [2.05, 4.69) is 19.7 Å². The van der Waals surface area contributed by atoms with E-state index in [-0.39, 0.29) is 10.6 Å². The average Bonchev–Trinajstić information content (AvgIpc) is 3.00. The summed E-state index contributed by atoms with van der Waals surface area (Å²) in [4.78, 5) is 22.5. The van der Waals surface area contributed by atoms with E-state index in [4.69, 9.17) is 0 Å². The van der Waals surface area contributed by atoms with Crippen molar-refractivity contribution in [2.75, 3.05) is 4.72 Å². The molecule has 0 fully saturated rings. The molecule has 0 bridgehead atoms. The van der Waals surface area contributed by atoms with Crippen molar-refractivity contribution in [3.63, 3.8) is 0 Å². The fraction of sp³-hybridized carbons (Fsp3) is 0.267. The molecule has 1 aliphatic rings. The second kappa shape index (κ2) is 5.45. The molecular formula is C15H15N5O3S. The van der Waals surface area contributed by atoms with Gasteiger partial charge in [0.1, 0.15) is 5.82 Å². The van der Waals surface area contributed by atoms with Crippen LogP contribution in [0.1, 0.15) is 18.7 Å². The van der Waals surface area contributed by atoms with Gasteiger partial charge in [-0.15, -0.1) is 0 Å². The molecule has 124 valence electrons. The second-order valence-electron chi connectivity index (χ2n) is 5.71. The van der Waals surface area contributed by atoms with E-state index in [1.165, 1.54) is 12.4 Å². The first kappa shape index (κ1) is 14.9. The van der Waals surface area contributed by atoms with Gasteiger partial charge in [0.2, 0.25) is 0 Å². The predicted octanol–water partition coefficient (Wildman–Crippen LogP) is 1.26. The molecule has 24 heavy (non-hydrogen) atoms. The van der Waals surface area contributed by atoms with E-state index in [1.54, 1.807) is 18.3 Å². The quantitative estimate of drug-likeness (QED) is 0.742. The molecule has 9 heteroatoms. The Labute approximate surface area is 137 Å². The molecule has 0 atom stereocenters. The predicted molar refractivity (Wildman–Crippen MR) is 88.3 cm³/mol. The number of rotatable bonds is 3. The molecule has 3 heterocycles. The van der Waals surface area contributed by atoms with Gasteiger partial charge >= 0.3 is 0 Å². The van der Waals surface area contributed by atoms with E-state index in [1.807, 2.05) is 4.57 Å². The van der Waals surface area contributed by atoms with Gasteiger partial charge < -0.3 is 9.55 Å². The Balaban J connectivity index is 1.70. The molecule has 0 spiro atoms. The maximum Gasteiger partial charge on any atom is 0.280 e. The highest BCUT2D eigenvalue weighted by Gasteiger charge is 2.22. The highest BCUT2D eigenvalue weighted by Crippen LogP contribution is 2.21. The number of nitrogens with zero attached hydrogens (tertiary/aromatic N) is 3.